The second-order valence-corrected chi connectivity index (χ2v) is 8.32. The molecule has 138 valence electrons. The van der Waals surface area contributed by atoms with E-state index in [1.54, 1.807) is 41.3 Å². The molecule has 28 heavy (non-hydrogen) atoms. The molecular weight excluding hydrogens is 396 g/mol. The number of para-hydroxylation sites is 1. The lowest BCUT2D eigenvalue weighted by molar-refractivity contribution is 0.483. The van der Waals surface area contributed by atoms with Crippen LogP contribution in [0.5, 0.6) is 11.5 Å². The third-order valence-electron chi connectivity index (χ3n) is 4.21. The fourth-order valence-corrected chi connectivity index (χ4v) is 4.33. The number of nitrogens with zero attached hydrogens (tertiary/aromatic N) is 2. The van der Waals surface area contributed by atoms with E-state index in [9.17, 15) is 13.7 Å². The van der Waals surface area contributed by atoms with Crippen LogP contribution in [0.2, 0.25) is 5.02 Å². The zero-order valence-electron chi connectivity index (χ0n) is 14.4. The molecule has 5 nitrogen and oxygen atoms in total. The van der Waals surface area contributed by atoms with Crippen LogP contribution in [0.25, 0.3) is 0 Å². The van der Waals surface area contributed by atoms with Gasteiger partial charge in [-0.1, -0.05) is 29.8 Å². The van der Waals surface area contributed by atoms with E-state index < -0.39 is 9.84 Å². The Kier molecular flexibility index (Phi) is 4.55. The topological polar surface area (TPSA) is 70.4 Å². The molecule has 0 saturated heterocycles. The highest BCUT2D eigenvalue weighted by Gasteiger charge is 2.32. The summed E-state index contributed by atoms with van der Waals surface area (Å²) in [7, 11) is -3.86. The zero-order valence-corrected chi connectivity index (χ0v) is 16.0. The lowest BCUT2D eigenvalue weighted by Crippen LogP contribution is -2.21. The zero-order chi connectivity index (χ0) is 19.7. The first-order valence-electron chi connectivity index (χ1n) is 8.28. The van der Waals surface area contributed by atoms with Crippen LogP contribution in [0.1, 0.15) is 0 Å². The normalized spacial score (nSPS) is 14.6. The Hall–Kier alpha value is -3.27. The first-order chi connectivity index (χ1) is 13.5. The Morgan fingerprint density at radius 1 is 0.929 bits per heavy atom. The number of nitriles is 1. The smallest absolute Gasteiger partial charge is 0.220 e. The molecule has 0 unspecified atom stereocenters. The number of sulfone groups is 1. The lowest BCUT2D eigenvalue weighted by Gasteiger charge is -2.27. The van der Waals surface area contributed by atoms with Crippen LogP contribution >= 0.6 is 11.6 Å². The molecule has 0 N–H and O–H groups in total. The number of fused-ring (bicyclic) bond motifs is 1. The van der Waals surface area contributed by atoms with E-state index in [1.807, 2.05) is 30.3 Å². The van der Waals surface area contributed by atoms with Gasteiger partial charge >= 0.3 is 0 Å². The van der Waals surface area contributed by atoms with Crippen molar-refractivity contribution in [2.75, 3.05) is 4.90 Å². The largest absolute Gasteiger partial charge is 0.457 e. The molecule has 0 atom stereocenters. The van der Waals surface area contributed by atoms with Gasteiger partial charge in [-0.15, -0.1) is 0 Å². The number of hydrogen-bond acceptors (Lipinski definition) is 5. The predicted molar refractivity (Wildman–Crippen MR) is 107 cm³/mol. The highest BCUT2D eigenvalue weighted by molar-refractivity contribution is 7.95. The van der Waals surface area contributed by atoms with Gasteiger partial charge in [0.25, 0.3) is 0 Å². The minimum absolute atomic E-state index is 0.0422. The molecule has 3 aromatic rings. The summed E-state index contributed by atoms with van der Waals surface area (Å²) in [5.41, 5.74) is 1.06. The van der Waals surface area contributed by atoms with Crippen LogP contribution in [0.4, 0.5) is 11.4 Å². The van der Waals surface area contributed by atoms with E-state index in [0.29, 0.717) is 27.9 Å². The highest BCUT2D eigenvalue weighted by atomic mass is 35.5. The number of hydrogen-bond donors (Lipinski definition) is 0. The summed E-state index contributed by atoms with van der Waals surface area (Å²) in [5, 5.41) is 9.71. The van der Waals surface area contributed by atoms with E-state index >= 15 is 0 Å². The summed E-state index contributed by atoms with van der Waals surface area (Å²) < 4.78 is 31.0. The maximum Gasteiger partial charge on any atom is 0.220 e. The number of ether oxygens (including phenoxy) is 1. The van der Waals surface area contributed by atoms with Gasteiger partial charge in [-0.05, 0) is 54.6 Å². The van der Waals surface area contributed by atoms with Crippen LogP contribution in [0.15, 0.2) is 88.8 Å². The predicted octanol–water partition coefficient (Wildman–Crippen LogP) is 5.42. The Morgan fingerprint density at radius 2 is 1.61 bits per heavy atom. The van der Waals surface area contributed by atoms with Gasteiger partial charge in [0.05, 0.1) is 10.6 Å². The Morgan fingerprint density at radius 3 is 2.29 bits per heavy atom. The Balaban J connectivity index is 1.74. The molecule has 1 heterocycles. The van der Waals surface area contributed by atoms with Gasteiger partial charge < -0.3 is 9.64 Å². The Labute approximate surface area is 167 Å². The van der Waals surface area contributed by atoms with E-state index in [2.05, 4.69) is 0 Å². The molecular formula is C21H13ClN2O3S. The molecule has 4 rings (SSSR count). The van der Waals surface area contributed by atoms with Gasteiger partial charge in [-0.3, -0.25) is 0 Å². The van der Waals surface area contributed by atoms with Crippen molar-refractivity contribution in [1.29, 1.82) is 5.26 Å². The van der Waals surface area contributed by atoms with E-state index in [-0.39, 0.29) is 9.80 Å². The summed E-state index contributed by atoms with van der Waals surface area (Å²) in [5.74, 6) is 1.35. The molecule has 0 amide bonds. The number of allylic oxidation sites excluding steroid dienone is 1. The van der Waals surface area contributed by atoms with Gasteiger partial charge in [0.2, 0.25) is 9.84 Å². The molecule has 0 radical (unpaired) electrons. The first-order valence-corrected chi connectivity index (χ1v) is 10.1. The Bertz CT molecular complexity index is 1210. The van der Waals surface area contributed by atoms with Crippen molar-refractivity contribution in [3.63, 3.8) is 0 Å². The standard InChI is InChI=1S/C21H13ClN2O3S/c22-15-6-11-21-20(12-15)24(14-19(13-23)28(21,25)26)16-7-9-18(10-8-16)27-17-4-2-1-3-5-17/h1-12,14H. The lowest BCUT2D eigenvalue weighted by atomic mass is 10.2. The summed E-state index contributed by atoms with van der Waals surface area (Å²) in [4.78, 5) is 1.35. The minimum atomic E-state index is -3.86. The van der Waals surface area contributed by atoms with Crippen molar-refractivity contribution in [3.05, 3.63) is 88.9 Å². The molecule has 1 aliphatic heterocycles. The van der Waals surface area contributed by atoms with Gasteiger partial charge in [0, 0.05) is 16.9 Å². The van der Waals surface area contributed by atoms with Crippen molar-refractivity contribution in [2.24, 2.45) is 0 Å². The van der Waals surface area contributed by atoms with Crippen molar-refractivity contribution in [3.8, 4) is 17.6 Å². The summed E-state index contributed by atoms with van der Waals surface area (Å²) in [6.45, 7) is 0. The molecule has 3 aromatic carbocycles. The number of anilines is 2. The molecule has 0 aliphatic carbocycles. The maximum atomic E-state index is 12.6. The molecule has 0 spiro atoms. The van der Waals surface area contributed by atoms with Crippen molar-refractivity contribution in [2.45, 2.75) is 4.90 Å². The second-order valence-electron chi connectivity index (χ2n) is 6.00. The van der Waals surface area contributed by atoms with Crippen molar-refractivity contribution < 1.29 is 13.2 Å². The molecule has 7 heteroatoms. The average molecular weight is 409 g/mol. The number of benzene rings is 3. The van der Waals surface area contributed by atoms with Crippen LogP contribution in [-0.2, 0) is 9.84 Å². The van der Waals surface area contributed by atoms with Crippen LogP contribution < -0.4 is 9.64 Å². The molecule has 0 bridgehead atoms. The molecule has 0 fully saturated rings. The van der Waals surface area contributed by atoms with Crippen LogP contribution in [0.3, 0.4) is 0 Å². The van der Waals surface area contributed by atoms with Gasteiger partial charge in [0.1, 0.15) is 17.6 Å². The molecule has 1 aliphatic rings. The molecule has 0 aromatic heterocycles. The molecule has 0 saturated carbocycles. The second kappa shape index (κ2) is 7.04. The first kappa shape index (κ1) is 18.1. The van der Waals surface area contributed by atoms with E-state index in [1.165, 1.54) is 18.3 Å². The maximum absolute atomic E-state index is 12.6. The fourth-order valence-electron chi connectivity index (χ4n) is 2.88. The van der Waals surface area contributed by atoms with Gasteiger partial charge in [0.15, 0.2) is 4.91 Å². The third-order valence-corrected chi connectivity index (χ3v) is 6.14. The summed E-state index contributed by atoms with van der Waals surface area (Å²) >= 11 is 6.08. The van der Waals surface area contributed by atoms with Crippen LogP contribution in [-0.4, -0.2) is 8.42 Å². The van der Waals surface area contributed by atoms with Crippen molar-refractivity contribution >= 4 is 32.8 Å². The van der Waals surface area contributed by atoms with Crippen LogP contribution in [0, 0.1) is 11.3 Å². The number of halogens is 1. The average Bonchev–Trinajstić information content (AvgIpc) is 2.69. The summed E-state index contributed by atoms with van der Waals surface area (Å²) in [6.07, 6.45) is 1.31. The van der Waals surface area contributed by atoms with E-state index in [0.717, 1.165) is 0 Å². The quantitative estimate of drug-likeness (QED) is 0.578. The van der Waals surface area contributed by atoms with Gasteiger partial charge in [-0.25, -0.2) is 8.42 Å². The van der Waals surface area contributed by atoms with Crippen molar-refractivity contribution in [1.82, 2.24) is 0 Å². The monoisotopic (exact) mass is 408 g/mol. The third kappa shape index (κ3) is 3.22. The number of rotatable bonds is 3. The minimum Gasteiger partial charge on any atom is -0.457 e. The van der Waals surface area contributed by atoms with E-state index in [4.69, 9.17) is 16.3 Å². The fraction of sp³-hybridized carbons (Fsp3) is 0. The van der Waals surface area contributed by atoms with Gasteiger partial charge in [-0.2, -0.15) is 5.26 Å². The highest BCUT2D eigenvalue weighted by Crippen LogP contribution is 2.41. The SMILES string of the molecule is N#CC1=CN(c2ccc(Oc3ccccc3)cc2)c2cc(Cl)ccc2S1(=O)=O. The summed E-state index contributed by atoms with van der Waals surface area (Å²) in [6, 6.07) is 22.7.